The van der Waals surface area contributed by atoms with Gasteiger partial charge >= 0.3 is 0 Å². The number of nitrogens with zero attached hydrogens (tertiary/aromatic N) is 3. The molecule has 0 saturated heterocycles. The van der Waals surface area contributed by atoms with E-state index in [-0.39, 0.29) is 23.5 Å². The van der Waals surface area contributed by atoms with Crippen molar-refractivity contribution in [1.29, 1.82) is 0 Å². The lowest BCUT2D eigenvalue weighted by Crippen LogP contribution is -2.48. The summed E-state index contributed by atoms with van der Waals surface area (Å²) in [7, 11) is 3.11. The summed E-state index contributed by atoms with van der Waals surface area (Å²) >= 11 is 1.06. The van der Waals surface area contributed by atoms with Gasteiger partial charge in [-0.05, 0) is 41.9 Å². The summed E-state index contributed by atoms with van der Waals surface area (Å²) in [6.07, 6.45) is 0. The number of benzene rings is 2. The zero-order valence-electron chi connectivity index (χ0n) is 19.0. The average Bonchev–Trinajstić information content (AvgIpc) is 3.26. The Labute approximate surface area is 195 Å². The molecule has 0 aliphatic carbocycles. The molecule has 1 atom stereocenters. The second-order valence-electron chi connectivity index (χ2n) is 7.71. The van der Waals surface area contributed by atoms with Crippen LogP contribution in [-0.2, 0) is 25.8 Å². The first-order valence-corrected chi connectivity index (χ1v) is 11.0. The predicted molar refractivity (Wildman–Crippen MR) is 125 cm³/mol. The third kappa shape index (κ3) is 3.60. The Morgan fingerprint density at radius 1 is 1.12 bits per heavy atom. The Morgan fingerprint density at radius 3 is 2.48 bits per heavy atom. The number of methoxy groups -OCH3 is 2. The van der Waals surface area contributed by atoms with E-state index < -0.39 is 10.8 Å². The molecular formula is C23H24N4O5S. The molecule has 2 heterocycles. The number of hydrogen-bond donors (Lipinski definition) is 1. The Bertz CT molecular complexity index is 1200. The van der Waals surface area contributed by atoms with Gasteiger partial charge in [0.05, 0.1) is 26.5 Å². The molecular weight excluding hydrogens is 444 g/mol. The van der Waals surface area contributed by atoms with Gasteiger partial charge in [0.2, 0.25) is 16.7 Å². The number of amides is 3. The standard InChI is InChI=1S/C23H24N4O5S/c1-13-7-6-8-17-20(13)26(12-16-9-10-18(31-4)19(11-16)32-5)21(30)23(17)27(15(3)29)25-22(33-23)24-14(2)28/h6-11H,12H2,1-5H3,(H,24,25,28)/t23-/m1/s1. The highest BCUT2D eigenvalue weighted by molar-refractivity contribution is 8.15. The molecule has 172 valence electrons. The van der Waals surface area contributed by atoms with Gasteiger partial charge in [-0.25, -0.2) is 0 Å². The fraction of sp³-hybridized carbons (Fsp3) is 0.304. The second kappa shape index (κ2) is 8.43. The summed E-state index contributed by atoms with van der Waals surface area (Å²) in [6, 6.07) is 11.1. The smallest absolute Gasteiger partial charge is 0.271 e. The lowest BCUT2D eigenvalue weighted by molar-refractivity contribution is -0.139. The van der Waals surface area contributed by atoms with Gasteiger partial charge in [0, 0.05) is 19.4 Å². The topological polar surface area (TPSA) is 101 Å². The highest BCUT2D eigenvalue weighted by Crippen LogP contribution is 2.55. The van der Waals surface area contributed by atoms with Crippen molar-refractivity contribution in [3.63, 3.8) is 0 Å². The molecule has 10 heteroatoms. The third-order valence-corrected chi connectivity index (χ3v) is 6.75. The fourth-order valence-corrected chi connectivity index (χ4v) is 5.49. The minimum atomic E-state index is -1.43. The molecule has 3 amide bonds. The van der Waals surface area contributed by atoms with Crippen LogP contribution < -0.4 is 19.7 Å². The number of hydrazone groups is 1. The van der Waals surface area contributed by atoms with E-state index in [9.17, 15) is 14.4 Å². The maximum Gasteiger partial charge on any atom is 0.271 e. The Morgan fingerprint density at radius 2 is 1.85 bits per heavy atom. The maximum atomic E-state index is 14.0. The van der Waals surface area contributed by atoms with E-state index in [1.807, 2.05) is 37.3 Å². The zero-order chi connectivity index (χ0) is 23.9. The lowest BCUT2D eigenvalue weighted by Gasteiger charge is -2.29. The molecule has 2 aliphatic heterocycles. The SMILES string of the molecule is COc1ccc(CN2C(=O)[C@]3(SC(NC(C)=O)=NN3C(C)=O)c3cccc(C)c32)cc1OC. The van der Waals surface area contributed by atoms with Gasteiger partial charge in [0.15, 0.2) is 16.7 Å². The van der Waals surface area contributed by atoms with E-state index in [0.29, 0.717) is 17.1 Å². The highest BCUT2D eigenvalue weighted by atomic mass is 32.2. The Balaban J connectivity index is 1.81. The van der Waals surface area contributed by atoms with Crippen molar-refractivity contribution in [2.75, 3.05) is 19.1 Å². The van der Waals surface area contributed by atoms with E-state index in [1.165, 1.54) is 13.8 Å². The number of aryl methyl sites for hydroxylation is 1. The first-order valence-electron chi connectivity index (χ1n) is 10.2. The van der Waals surface area contributed by atoms with Crippen molar-refractivity contribution in [1.82, 2.24) is 10.3 Å². The molecule has 0 radical (unpaired) electrons. The van der Waals surface area contributed by atoms with Gasteiger partial charge in [0.25, 0.3) is 5.91 Å². The molecule has 2 aliphatic rings. The summed E-state index contributed by atoms with van der Waals surface area (Å²) in [5.41, 5.74) is 3.08. The summed E-state index contributed by atoms with van der Waals surface area (Å²) < 4.78 is 10.7. The quantitative estimate of drug-likeness (QED) is 0.741. The van der Waals surface area contributed by atoms with Crippen molar-refractivity contribution in [2.45, 2.75) is 32.2 Å². The maximum absolute atomic E-state index is 14.0. The number of para-hydroxylation sites is 1. The minimum Gasteiger partial charge on any atom is -0.493 e. The van der Waals surface area contributed by atoms with E-state index in [1.54, 1.807) is 25.2 Å². The summed E-state index contributed by atoms with van der Waals surface area (Å²) in [4.78, 5) is 38.5. The highest BCUT2D eigenvalue weighted by Gasteiger charge is 2.61. The van der Waals surface area contributed by atoms with Crippen LogP contribution in [0.3, 0.4) is 0 Å². The average molecular weight is 469 g/mol. The van der Waals surface area contributed by atoms with Gasteiger partial charge in [0.1, 0.15) is 0 Å². The van der Waals surface area contributed by atoms with Gasteiger partial charge in [-0.1, -0.05) is 24.3 Å². The van der Waals surface area contributed by atoms with E-state index >= 15 is 0 Å². The number of thioether (sulfide) groups is 1. The molecule has 2 aromatic rings. The number of carbonyl (C=O) groups is 3. The third-order valence-electron chi connectivity index (χ3n) is 5.51. The predicted octanol–water partition coefficient (Wildman–Crippen LogP) is 2.71. The van der Waals surface area contributed by atoms with Crippen molar-refractivity contribution in [3.8, 4) is 11.5 Å². The van der Waals surface area contributed by atoms with Crippen LogP contribution in [-0.4, -0.2) is 42.1 Å². The number of ether oxygens (including phenoxy) is 2. The van der Waals surface area contributed by atoms with Gasteiger partial charge < -0.3 is 19.7 Å². The van der Waals surface area contributed by atoms with Crippen LogP contribution in [0.4, 0.5) is 5.69 Å². The number of rotatable bonds is 4. The van der Waals surface area contributed by atoms with Crippen molar-refractivity contribution in [2.24, 2.45) is 5.10 Å². The van der Waals surface area contributed by atoms with Gasteiger partial charge in [-0.3, -0.25) is 14.4 Å². The van der Waals surface area contributed by atoms with Crippen molar-refractivity contribution in [3.05, 3.63) is 53.1 Å². The molecule has 4 rings (SSSR count). The number of anilines is 1. The molecule has 0 unspecified atom stereocenters. The zero-order valence-corrected chi connectivity index (χ0v) is 19.8. The van der Waals surface area contributed by atoms with Gasteiger partial charge in [-0.2, -0.15) is 5.01 Å². The van der Waals surface area contributed by atoms with E-state index in [2.05, 4.69) is 10.4 Å². The molecule has 33 heavy (non-hydrogen) atoms. The fourth-order valence-electron chi connectivity index (χ4n) is 4.16. The minimum absolute atomic E-state index is 0.200. The molecule has 2 aromatic carbocycles. The molecule has 0 saturated carbocycles. The monoisotopic (exact) mass is 468 g/mol. The van der Waals surface area contributed by atoms with Gasteiger partial charge in [-0.15, -0.1) is 5.10 Å². The van der Waals surface area contributed by atoms with E-state index in [4.69, 9.17) is 9.47 Å². The summed E-state index contributed by atoms with van der Waals surface area (Å²) in [6.45, 7) is 4.87. The molecule has 1 spiro atoms. The number of carbonyl (C=O) groups excluding carboxylic acids is 3. The van der Waals surface area contributed by atoms with E-state index in [0.717, 1.165) is 33.6 Å². The molecule has 1 N–H and O–H groups in total. The normalized spacial score (nSPS) is 18.9. The molecule has 0 fully saturated rings. The van der Waals surface area contributed by atoms with Crippen molar-refractivity contribution >= 4 is 40.3 Å². The molecule has 0 aromatic heterocycles. The van der Waals surface area contributed by atoms with Crippen LogP contribution in [0.15, 0.2) is 41.5 Å². The lowest BCUT2D eigenvalue weighted by atomic mass is 10.0. The molecule has 9 nitrogen and oxygen atoms in total. The number of fused-ring (bicyclic) bond motifs is 2. The Hall–Kier alpha value is -3.53. The van der Waals surface area contributed by atoms with Crippen LogP contribution in [0, 0.1) is 6.92 Å². The van der Waals surface area contributed by atoms with Crippen molar-refractivity contribution < 1.29 is 23.9 Å². The number of hydrogen-bond acceptors (Lipinski definition) is 7. The largest absolute Gasteiger partial charge is 0.493 e. The van der Waals surface area contributed by atoms with Crippen LogP contribution in [0.2, 0.25) is 0 Å². The second-order valence-corrected chi connectivity index (χ2v) is 8.90. The van der Waals surface area contributed by atoms with Crippen LogP contribution >= 0.6 is 11.8 Å². The summed E-state index contributed by atoms with van der Waals surface area (Å²) in [5.74, 6) is 0.0872. The van der Waals surface area contributed by atoms with Crippen LogP contribution in [0.25, 0.3) is 0 Å². The molecule has 0 bridgehead atoms. The first-order chi connectivity index (χ1) is 15.7. The number of amidine groups is 1. The first kappa shape index (κ1) is 22.7. The Kier molecular flexibility index (Phi) is 5.79. The van der Waals surface area contributed by atoms with Crippen LogP contribution in [0.1, 0.15) is 30.5 Å². The van der Waals surface area contributed by atoms with Crippen LogP contribution in [0.5, 0.6) is 11.5 Å². The summed E-state index contributed by atoms with van der Waals surface area (Å²) in [5, 5.41) is 8.26. The number of nitrogens with one attached hydrogen (secondary N) is 1.